The van der Waals surface area contributed by atoms with Gasteiger partial charge in [-0.25, -0.2) is 12.8 Å². The second-order valence-corrected chi connectivity index (χ2v) is 10.5. The van der Waals surface area contributed by atoms with Crippen molar-refractivity contribution in [2.75, 3.05) is 23.7 Å². The van der Waals surface area contributed by atoms with Gasteiger partial charge < -0.3 is 10.2 Å². The van der Waals surface area contributed by atoms with Crippen LogP contribution >= 0.6 is 23.2 Å². The summed E-state index contributed by atoms with van der Waals surface area (Å²) in [5.41, 5.74) is 0.543. The van der Waals surface area contributed by atoms with Crippen LogP contribution in [0.2, 0.25) is 10.0 Å². The predicted octanol–water partition coefficient (Wildman–Crippen LogP) is 4.23. The summed E-state index contributed by atoms with van der Waals surface area (Å²) in [7, 11) is -3.94. The van der Waals surface area contributed by atoms with Gasteiger partial charge in [0.05, 0.1) is 11.9 Å². The van der Waals surface area contributed by atoms with Gasteiger partial charge in [0.25, 0.3) is 0 Å². The van der Waals surface area contributed by atoms with Crippen LogP contribution in [0.5, 0.6) is 0 Å². The first-order chi connectivity index (χ1) is 16.0. The van der Waals surface area contributed by atoms with Crippen LogP contribution in [0.1, 0.15) is 32.3 Å². The summed E-state index contributed by atoms with van der Waals surface area (Å²) in [5, 5.41) is 3.50. The fraction of sp³-hybridized carbons (Fsp3) is 0.391. The molecule has 0 aliphatic carbocycles. The van der Waals surface area contributed by atoms with Gasteiger partial charge in [-0.3, -0.25) is 13.9 Å². The Hall–Kier alpha value is -2.36. The summed E-state index contributed by atoms with van der Waals surface area (Å²) < 4.78 is 39.6. The minimum Gasteiger partial charge on any atom is -0.354 e. The maximum absolute atomic E-state index is 13.8. The first kappa shape index (κ1) is 27.9. The summed E-state index contributed by atoms with van der Waals surface area (Å²) in [6.45, 7) is 3.41. The molecule has 0 unspecified atom stereocenters. The largest absolute Gasteiger partial charge is 0.354 e. The van der Waals surface area contributed by atoms with Crippen molar-refractivity contribution in [1.29, 1.82) is 0 Å². The van der Waals surface area contributed by atoms with E-state index < -0.39 is 34.3 Å². The number of halogens is 3. The van der Waals surface area contributed by atoms with Gasteiger partial charge in [-0.15, -0.1) is 0 Å². The number of carbonyl (C=O) groups is 2. The van der Waals surface area contributed by atoms with Gasteiger partial charge >= 0.3 is 0 Å². The summed E-state index contributed by atoms with van der Waals surface area (Å²) in [5.74, 6) is -1.65. The van der Waals surface area contributed by atoms with E-state index in [0.29, 0.717) is 28.6 Å². The molecule has 0 saturated heterocycles. The van der Waals surface area contributed by atoms with E-state index >= 15 is 0 Å². The minimum atomic E-state index is -3.94. The first-order valence-corrected chi connectivity index (χ1v) is 13.3. The fourth-order valence-electron chi connectivity index (χ4n) is 3.36. The molecule has 0 aliphatic heterocycles. The number of amides is 2. The fourth-order valence-corrected chi connectivity index (χ4v) is 4.67. The first-order valence-electron chi connectivity index (χ1n) is 10.7. The molecule has 0 spiro atoms. The highest BCUT2D eigenvalue weighted by Gasteiger charge is 2.32. The number of rotatable bonds is 11. The zero-order chi connectivity index (χ0) is 25.5. The lowest BCUT2D eigenvalue weighted by Gasteiger charge is -2.33. The molecule has 7 nitrogen and oxygen atoms in total. The maximum Gasteiger partial charge on any atom is 0.244 e. The molecule has 0 aliphatic rings. The Bertz CT molecular complexity index is 1130. The molecule has 2 aromatic carbocycles. The summed E-state index contributed by atoms with van der Waals surface area (Å²) in [4.78, 5) is 27.7. The third-order valence-corrected chi connectivity index (χ3v) is 6.79. The standard InChI is InChI=1S/C23H28Cl2FN3O4S/c1-4-11-27-23(31)21(5-2)28(14-16-9-10-17(24)12-20(16)25)22(30)15-29(34(3,32)33)19-8-6-7-18(26)13-19/h6-10,12-13,21H,4-5,11,14-15H2,1-3H3,(H,27,31)/t21-/m0/s1. The Balaban J connectivity index is 2.46. The van der Waals surface area contributed by atoms with Crippen molar-refractivity contribution < 1.29 is 22.4 Å². The summed E-state index contributed by atoms with van der Waals surface area (Å²) >= 11 is 12.3. The van der Waals surface area contributed by atoms with E-state index in [9.17, 15) is 22.4 Å². The molecule has 0 radical (unpaired) electrons. The number of anilines is 1. The average molecular weight is 532 g/mol. The van der Waals surface area contributed by atoms with E-state index in [1.807, 2.05) is 6.92 Å². The van der Waals surface area contributed by atoms with Gasteiger partial charge in [0.2, 0.25) is 21.8 Å². The van der Waals surface area contributed by atoms with Crippen molar-refractivity contribution in [3.05, 3.63) is 63.9 Å². The van der Waals surface area contributed by atoms with Crippen molar-refractivity contribution in [3.63, 3.8) is 0 Å². The van der Waals surface area contributed by atoms with Crippen LogP contribution in [0.4, 0.5) is 10.1 Å². The number of nitrogens with one attached hydrogen (secondary N) is 1. The molecule has 34 heavy (non-hydrogen) atoms. The van der Waals surface area contributed by atoms with Crippen LogP contribution in [0.15, 0.2) is 42.5 Å². The second kappa shape index (κ2) is 12.4. The Morgan fingerprint density at radius 1 is 1.12 bits per heavy atom. The Kier molecular flexibility index (Phi) is 10.1. The Morgan fingerprint density at radius 2 is 1.82 bits per heavy atom. The molecular formula is C23H28Cl2FN3O4S. The van der Waals surface area contributed by atoms with Crippen molar-refractivity contribution >= 4 is 50.7 Å². The van der Waals surface area contributed by atoms with Crippen LogP contribution in [-0.2, 0) is 26.2 Å². The third-order valence-electron chi connectivity index (χ3n) is 5.07. The van der Waals surface area contributed by atoms with Crippen molar-refractivity contribution in [3.8, 4) is 0 Å². The Morgan fingerprint density at radius 3 is 2.38 bits per heavy atom. The molecule has 11 heteroatoms. The van der Waals surface area contributed by atoms with Crippen LogP contribution in [0.25, 0.3) is 0 Å². The molecule has 0 fully saturated rings. The van der Waals surface area contributed by atoms with E-state index in [1.54, 1.807) is 19.1 Å². The zero-order valence-electron chi connectivity index (χ0n) is 19.2. The molecule has 186 valence electrons. The number of nitrogens with zero attached hydrogens (tertiary/aromatic N) is 2. The van der Waals surface area contributed by atoms with Crippen LogP contribution < -0.4 is 9.62 Å². The number of benzene rings is 2. The molecule has 2 amide bonds. The topological polar surface area (TPSA) is 86.8 Å². The van der Waals surface area contributed by atoms with E-state index in [4.69, 9.17) is 23.2 Å². The molecule has 0 aromatic heterocycles. The average Bonchev–Trinajstić information content (AvgIpc) is 2.76. The monoisotopic (exact) mass is 531 g/mol. The van der Waals surface area contributed by atoms with Gasteiger partial charge in [0.15, 0.2) is 0 Å². The van der Waals surface area contributed by atoms with Crippen molar-refractivity contribution in [2.24, 2.45) is 0 Å². The van der Waals surface area contributed by atoms with Crippen LogP contribution in [-0.4, -0.2) is 50.5 Å². The smallest absolute Gasteiger partial charge is 0.244 e. The number of carbonyl (C=O) groups excluding carboxylic acids is 2. The highest BCUT2D eigenvalue weighted by molar-refractivity contribution is 7.92. The third kappa shape index (κ3) is 7.58. The quantitative estimate of drug-likeness (QED) is 0.469. The molecule has 1 N–H and O–H groups in total. The molecular weight excluding hydrogens is 504 g/mol. The predicted molar refractivity (Wildman–Crippen MR) is 133 cm³/mol. The highest BCUT2D eigenvalue weighted by Crippen LogP contribution is 2.25. The number of hydrogen-bond donors (Lipinski definition) is 1. The van der Waals surface area contributed by atoms with Crippen molar-refractivity contribution in [1.82, 2.24) is 10.2 Å². The van der Waals surface area contributed by atoms with Crippen LogP contribution in [0, 0.1) is 5.82 Å². The second-order valence-electron chi connectivity index (χ2n) is 7.72. The lowest BCUT2D eigenvalue weighted by Crippen LogP contribution is -2.52. The van der Waals surface area contributed by atoms with Gasteiger partial charge in [-0.2, -0.15) is 0 Å². The summed E-state index contributed by atoms with van der Waals surface area (Å²) in [6, 6.07) is 8.84. The Labute approximate surface area is 209 Å². The normalized spacial score (nSPS) is 12.2. The molecule has 0 heterocycles. The van der Waals surface area contributed by atoms with Gasteiger partial charge in [-0.1, -0.05) is 49.2 Å². The lowest BCUT2D eigenvalue weighted by atomic mass is 10.1. The summed E-state index contributed by atoms with van der Waals surface area (Å²) in [6.07, 6.45) is 1.92. The van der Waals surface area contributed by atoms with Gasteiger partial charge in [0.1, 0.15) is 18.4 Å². The molecule has 0 saturated carbocycles. The highest BCUT2D eigenvalue weighted by atomic mass is 35.5. The van der Waals surface area contributed by atoms with E-state index in [0.717, 1.165) is 16.6 Å². The molecule has 0 bridgehead atoms. The molecule has 2 aromatic rings. The SMILES string of the molecule is CCCNC(=O)[C@H](CC)N(Cc1ccc(Cl)cc1Cl)C(=O)CN(c1cccc(F)c1)S(C)(=O)=O. The van der Waals surface area contributed by atoms with Crippen molar-refractivity contribution in [2.45, 2.75) is 39.3 Å². The number of sulfonamides is 1. The molecule has 2 rings (SSSR count). The van der Waals surface area contributed by atoms with Crippen LogP contribution in [0.3, 0.4) is 0 Å². The van der Waals surface area contributed by atoms with E-state index in [-0.39, 0.29) is 24.6 Å². The zero-order valence-corrected chi connectivity index (χ0v) is 21.6. The number of hydrogen-bond acceptors (Lipinski definition) is 4. The van der Waals surface area contributed by atoms with E-state index in [1.165, 1.54) is 29.2 Å². The van der Waals surface area contributed by atoms with E-state index in [2.05, 4.69) is 5.32 Å². The molecule has 1 atom stereocenters. The maximum atomic E-state index is 13.8. The van der Waals surface area contributed by atoms with Gasteiger partial charge in [-0.05, 0) is 48.7 Å². The van der Waals surface area contributed by atoms with Gasteiger partial charge in [0, 0.05) is 23.1 Å². The minimum absolute atomic E-state index is 0.00353. The lowest BCUT2D eigenvalue weighted by molar-refractivity contribution is -0.140.